The Balaban J connectivity index is 2.37. The summed E-state index contributed by atoms with van der Waals surface area (Å²) in [5, 5.41) is 0.532. The fraction of sp³-hybridized carbons (Fsp3) is 0.0833. The van der Waals surface area contributed by atoms with Gasteiger partial charge in [0, 0.05) is 5.56 Å². The lowest BCUT2D eigenvalue weighted by atomic mass is 10.1. The van der Waals surface area contributed by atoms with Crippen LogP contribution in [0.1, 0.15) is 15.2 Å². The van der Waals surface area contributed by atoms with E-state index in [0.717, 1.165) is 3.79 Å². The zero-order chi connectivity index (χ0) is 13.3. The lowest BCUT2D eigenvalue weighted by molar-refractivity contribution is 0.104. The van der Waals surface area contributed by atoms with Crippen LogP contribution in [-0.2, 0) is 0 Å². The molecular formula is C12H9BrClNO2S. The van der Waals surface area contributed by atoms with Crippen molar-refractivity contribution in [1.82, 2.24) is 0 Å². The van der Waals surface area contributed by atoms with Gasteiger partial charge in [-0.2, -0.15) is 0 Å². The van der Waals surface area contributed by atoms with Crippen LogP contribution >= 0.6 is 38.9 Å². The van der Waals surface area contributed by atoms with Crippen molar-refractivity contribution in [3.05, 3.63) is 43.5 Å². The summed E-state index contributed by atoms with van der Waals surface area (Å²) >= 11 is 10.5. The molecule has 2 N–H and O–H groups in total. The zero-order valence-electron chi connectivity index (χ0n) is 9.37. The summed E-state index contributed by atoms with van der Waals surface area (Å²) in [5.74, 6) is 0.443. The predicted molar refractivity (Wildman–Crippen MR) is 77.9 cm³/mol. The van der Waals surface area contributed by atoms with E-state index in [-0.39, 0.29) is 5.78 Å². The molecule has 0 saturated heterocycles. The summed E-state index contributed by atoms with van der Waals surface area (Å²) in [7, 11) is 1.53. The molecule has 0 radical (unpaired) electrons. The lowest BCUT2D eigenvalue weighted by Gasteiger charge is -2.05. The van der Waals surface area contributed by atoms with Crippen LogP contribution < -0.4 is 10.5 Å². The molecule has 1 aromatic carbocycles. The molecule has 1 aromatic heterocycles. The molecule has 6 heteroatoms. The van der Waals surface area contributed by atoms with Crippen LogP contribution in [0.4, 0.5) is 5.69 Å². The molecule has 0 saturated carbocycles. The number of nitrogens with two attached hydrogens (primary N) is 1. The van der Waals surface area contributed by atoms with Gasteiger partial charge in [0.25, 0.3) is 0 Å². The van der Waals surface area contributed by atoms with E-state index in [4.69, 9.17) is 22.1 Å². The van der Waals surface area contributed by atoms with Gasteiger partial charge in [-0.15, -0.1) is 11.3 Å². The first kappa shape index (κ1) is 13.4. The van der Waals surface area contributed by atoms with Gasteiger partial charge in [0.1, 0.15) is 5.75 Å². The Morgan fingerprint density at radius 2 is 2.17 bits per heavy atom. The molecular weight excluding hydrogens is 338 g/mol. The number of hydrogen-bond acceptors (Lipinski definition) is 4. The van der Waals surface area contributed by atoms with Crippen LogP contribution in [0, 0.1) is 0 Å². The average molecular weight is 347 g/mol. The Kier molecular flexibility index (Phi) is 3.94. The summed E-state index contributed by atoms with van der Waals surface area (Å²) in [6.07, 6.45) is 0. The highest BCUT2D eigenvalue weighted by atomic mass is 79.9. The van der Waals surface area contributed by atoms with Crippen LogP contribution in [0.2, 0.25) is 5.02 Å². The van der Waals surface area contributed by atoms with E-state index in [1.807, 2.05) is 0 Å². The number of ether oxygens (including phenoxy) is 1. The third-order valence-corrected chi connectivity index (χ3v) is 4.83. The average Bonchev–Trinajstić information content (AvgIpc) is 2.68. The van der Waals surface area contributed by atoms with Crippen molar-refractivity contribution in [2.24, 2.45) is 0 Å². The molecule has 0 aliphatic carbocycles. The maximum Gasteiger partial charge on any atom is 0.203 e. The van der Waals surface area contributed by atoms with Gasteiger partial charge in [0.2, 0.25) is 5.78 Å². The smallest absolute Gasteiger partial charge is 0.203 e. The number of rotatable bonds is 3. The maximum atomic E-state index is 12.2. The molecule has 1 heterocycles. The Labute approximate surface area is 122 Å². The number of nitrogen functional groups attached to an aromatic ring is 1. The minimum absolute atomic E-state index is 0.109. The van der Waals surface area contributed by atoms with E-state index in [9.17, 15) is 4.79 Å². The number of thiophene rings is 1. The van der Waals surface area contributed by atoms with Gasteiger partial charge in [0.05, 0.1) is 26.5 Å². The Morgan fingerprint density at radius 3 is 2.67 bits per heavy atom. The van der Waals surface area contributed by atoms with Crippen LogP contribution in [0.5, 0.6) is 5.75 Å². The largest absolute Gasteiger partial charge is 0.495 e. The van der Waals surface area contributed by atoms with Crippen molar-refractivity contribution in [3.8, 4) is 5.75 Å². The first-order valence-corrected chi connectivity index (χ1v) is 6.94. The molecule has 18 heavy (non-hydrogen) atoms. The fourth-order valence-corrected chi connectivity index (χ4v) is 3.14. The van der Waals surface area contributed by atoms with Gasteiger partial charge >= 0.3 is 0 Å². The molecule has 2 aromatic rings. The van der Waals surface area contributed by atoms with Crippen LogP contribution in [0.3, 0.4) is 0 Å². The minimum Gasteiger partial charge on any atom is -0.495 e. The van der Waals surface area contributed by atoms with Crippen molar-refractivity contribution in [2.75, 3.05) is 12.8 Å². The van der Waals surface area contributed by atoms with E-state index in [1.165, 1.54) is 18.4 Å². The molecule has 2 rings (SSSR count). The summed E-state index contributed by atoms with van der Waals surface area (Å²) in [6.45, 7) is 0. The Morgan fingerprint density at radius 1 is 1.44 bits per heavy atom. The van der Waals surface area contributed by atoms with Gasteiger partial charge in [-0.3, -0.25) is 4.79 Å². The van der Waals surface area contributed by atoms with E-state index >= 15 is 0 Å². The third-order valence-electron chi connectivity index (χ3n) is 2.36. The van der Waals surface area contributed by atoms with Gasteiger partial charge in [0.15, 0.2) is 0 Å². The Bertz CT molecular complexity index is 593. The topological polar surface area (TPSA) is 52.3 Å². The molecule has 0 atom stereocenters. The van der Waals surface area contributed by atoms with Gasteiger partial charge in [-0.05, 0) is 40.2 Å². The number of methoxy groups -OCH3 is 1. The lowest BCUT2D eigenvalue weighted by Crippen LogP contribution is -2.01. The van der Waals surface area contributed by atoms with Crippen molar-refractivity contribution < 1.29 is 9.53 Å². The number of benzene rings is 1. The molecule has 3 nitrogen and oxygen atoms in total. The van der Waals surface area contributed by atoms with Crippen molar-refractivity contribution >= 4 is 50.3 Å². The first-order chi connectivity index (χ1) is 8.52. The second kappa shape index (κ2) is 5.30. The highest BCUT2D eigenvalue weighted by molar-refractivity contribution is 9.11. The molecule has 0 aliphatic rings. The standard InChI is InChI=1S/C12H9BrClNO2S/c1-17-9-3-2-6(4-8(9)15)11(16)10-5-7(14)12(13)18-10/h2-5H,15H2,1H3. The molecule has 0 bridgehead atoms. The number of hydrogen-bond donors (Lipinski definition) is 1. The molecule has 0 spiro atoms. The van der Waals surface area contributed by atoms with Crippen molar-refractivity contribution in [3.63, 3.8) is 0 Å². The third kappa shape index (κ3) is 2.53. The van der Waals surface area contributed by atoms with Crippen molar-refractivity contribution in [2.45, 2.75) is 0 Å². The fourth-order valence-electron chi connectivity index (χ4n) is 1.48. The van der Waals surface area contributed by atoms with Crippen LogP contribution in [0.15, 0.2) is 28.1 Å². The van der Waals surface area contributed by atoms with Gasteiger partial charge < -0.3 is 10.5 Å². The number of carbonyl (C=O) groups excluding carboxylic acids is 1. The quantitative estimate of drug-likeness (QED) is 0.675. The zero-order valence-corrected chi connectivity index (χ0v) is 12.5. The SMILES string of the molecule is COc1ccc(C(=O)c2cc(Cl)c(Br)s2)cc1N. The highest BCUT2D eigenvalue weighted by Gasteiger charge is 2.15. The molecule has 94 valence electrons. The van der Waals surface area contributed by atoms with Crippen molar-refractivity contribution in [1.29, 1.82) is 0 Å². The second-order valence-electron chi connectivity index (χ2n) is 3.52. The van der Waals surface area contributed by atoms with E-state index < -0.39 is 0 Å². The normalized spacial score (nSPS) is 10.4. The van der Waals surface area contributed by atoms with Crippen LogP contribution in [0.25, 0.3) is 0 Å². The molecule has 0 aliphatic heterocycles. The highest BCUT2D eigenvalue weighted by Crippen LogP contribution is 2.33. The Hall–Kier alpha value is -1.04. The predicted octanol–water partition coefficient (Wildman–Crippen LogP) is 3.99. The molecule has 0 unspecified atom stereocenters. The summed E-state index contributed by atoms with van der Waals surface area (Å²) in [5.41, 5.74) is 6.72. The number of ketones is 1. The molecule has 0 amide bonds. The summed E-state index contributed by atoms with van der Waals surface area (Å²) < 4.78 is 5.79. The monoisotopic (exact) mass is 345 g/mol. The van der Waals surface area contributed by atoms with E-state index in [1.54, 1.807) is 24.3 Å². The summed E-state index contributed by atoms with van der Waals surface area (Å²) in [4.78, 5) is 12.8. The minimum atomic E-state index is -0.109. The first-order valence-electron chi connectivity index (χ1n) is 4.96. The second-order valence-corrected chi connectivity index (χ2v) is 6.30. The van der Waals surface area contributed by atoms with Gasteiger partial charge in [-0.1, -0.05) is 11.6 Å². The maximum absolute atomic E-state index is 12.2. The van der Waals surface area contributed by atoms with Gasteiger partial charge in [-0.25, -0.2) is 0 Å². The number of halogens is 2. The number of anilines is 1. The number of carbonyl (C=O) groups is 1. The van der Waals surface area contributed by atoms with E-state index in [0.29, 0.717) is 26.9 Å². The summed E-state index contributed by atoms with van der Waals surface area (Å²) in [6, 6.07) is 6.59. The van der Waals surface area contributed by atoms with Crippen LogP contribution in [-0.4, -0.2) is 12.9 Å². The molecule has 0 fully saturated rings. The van der Waals surface area contributed by atoms with E-state index in [2.05, 4.69) is 15.9 Å².